The van der Waals surface area contributed by atoms with Crippen molar-refractivity contribution in [1.29, 1.82) is 0 Å². The van der Waals surface area contributed by atoms with Crippen molar-refractivity contribution < 1.29 is 18.0 Å². The molecule has 0 aliphatic rings. The van der Waals surface area contributed by atoms with Crippen LogP contribution in [0.5, 0.6) is 0 Å². The first-order valence-electron chi connectivity index (χ1n) is 6.24. The van der Waals surface area contributed by atoms with Gasteiger partial charge in [0.05, 0.1) is 10.9 Å². The quantitative estimate of drug-likeness (QED) is 0.800. The molecule has 0 bridgehead atoms. The summed E-state index contributed by atoms with van der Waals surface area (Å²) in [5, 5.41) is 1.91. The molecule has 0 saturated carbocycles. The maximum Gasteiger partial charge on any atom is 0.237 e. The van der Waals surface area contributed by atoms with Crippen molar-refractivity contribution in [2.45, 2.75) is 17.1 Å². The van der Waals surface area contributed by atoms with E-state index in [0.717, 1.165) is 30.0 Å². The summed E-state index contributed by atoms with van der Waals surface area (Å²) in [6.45, 7) is 1.54. The van der Waals surface area contributed by atoms with Crippen LogP contribution in [0.15, 0.2) is 41.3 Å². The molecular formula is C15H11ClF3NOS. The second-order valence-electron chi connectivity index (χ2n) is 4.45. The minimum absolute atomic E-state index is 0.0126. The van der Waals surface area contributed by atoms with Crippen LogP contribution in [0.2, 0.25) is 5.02 Å². The molecule has 0 radical (unpaired) electrons. The van der Waals surface area contributed by atoms with E-state index in [9.17, 15) is 18.0 Å². The second kappa shape index (κ2) is 7.07. The Labute approximate surface area is 134 Å². The van der Waals surface area contributed by atoms with E-state index in [1.165, 1.54) is 25.1 Å². The normalized spacial score (nSPS) is 12.0. The number of carbonyl (C=O) groups is 1. The number of hydrogen-bond donors (Lipinski definition) is 1. The number of hydrogen-bond acceptors (Lipinski definition) is 2. The SMILES string of the molecule is CC(Sc1ccc(F)cc1F)C(=O)Nc1ccc(Cl)cc1F. The van der Waals surface area contributed by atoms with Crippen LogP contribution in [0.1, 0.15) is 6.92 Å². The van der Waals surface area contributed by atoms with Crippen molar-refractivity contribution in [3.63, 3.8) is 0 Å². The summed E-state index contributed by atoms with van der Waals surface area (Å²) in [6, 6.07) is 6.96. The van der Waals surface area contributed by atoms with Crippen molar-refractivity contribution in [3.05, 3.63) is 58.9 Å². The Bertz CT molecular complexity index is 711. The van der Waals surface area contributed by atoms with E-state index in [1.807, 2.05) is 0 Å². The van der Waals surface area contributed by atoms with E-state index < -0.39 is 28.6 Å². The summed E-state index contributed by atoms with van der Waals surface area (Å²) < 4.78 is 40.0. The van der Waals surface area contributed by atoms with Gasteiger partial charge >= 0.3 is 0 Å². The Morgan fingerprint density at radius 1 is 1.14 bits per heavy atom. The molecule has 7 heteroatoms. The van der Waals surface area contributed by atoms with E-state index in [0.29, 0.717) is 0 Å². The zero-order chi connectivity index (χ0) is 16.3. The lowest BCUT2D eigenvalue weighted by Crippen LogP contribution is -2.23. The first kappa shape index (κ1) is 16.7. The average Bonchev–Trinajstić information content (AvgIpc) is 2.44. The minimum Gasteiger partial charge on any atom is -0.323 e. The van der Waals surface area contributed by atoms with E-state index in [-0.39, 0.29) is 15.6 Å². The highest BCUT2D eigenvalue weighted by Crippen LogP contribution is 2.28. The zero-order valence-electron chi connectivity index (χ0n) is 11.4. The highest BCUT2D eigenvalue weighted by molar-refractivity contribution is 8.00. The Hall–Kier alpha value is -1.66. The number of benzene rings is 2. The largest absolute Gasteiger partial charge is 0.323 e. The van der Waals surface area contributed by atoms with Crippen LogP contribution in [0.3, 0.4) is 0 Å². The first-order chi connectivity index (χ1) is 10.4. The minimum atomic E-state index is -0.748. The van der Waals surface area contributed by atoms with Gasteiger partial charge in [0.25, 0.3) is 0 Å². The Morgan fingerprint density at radius 2 is 1.86 bits per heavy atom. The number of rotatable bonds is 4. The maximum absolute atomic E-state index is 13.6. The lowest BCUT2D eigenvalue weighted by atomic mass is 10.3. The van der Waals surface area contributed by atoms with Crippen LogP contribution in [-0.4, -0.2) is 11.2 Å². The maximum atomic E-state index is 13.6. The predicted octanol–water partition coefficient (Wildman–Crippen LogP) is 4.88. The number of anilines is 1. The third-order valence-corrected chi connectivity index (χ3v) is 4.14. The fourth-order valence-electron chi connectivity index (χ4n) is 1.64. The van der Waals surface area contributed by atoms with Crippen LogP contribution < -0.4 is 5.32 Å². The van der Waals surface area contributed by atoms with Crippen molar-refractivity contribution >= 4 is 35.0 Å². The van der Waals surface area contributed by atoms with Crippen molar-refractivity contribution in [2.75, 3.05) is 5.32 Å². The predicted molar refractivity (Wildman–Crippen MR) is 81.7 cm³/mol. The van der Waals surface area contributed by atoms with Crippen LogP contribution >= 0.6 is 23.4 Å². The van der Waals surface area contributed by atoms with Crippen molar-refractivity contribution in [3.8, 4) is 0 Å². The number of halogens is 4. The van der Waals surface area contributed by atoms with Gasteiger partial charge in [0.15, 0.2) is 0 Å². The van der Waals surface area contributed by atoms with E-state index in [2.05, 4.69) is 5.32 Å². The third kappa shape index (κ3) is 4.18. The number of nitrogens with one attached hydrogen (secondary N) is 1. The molecule has 2 nitrogen and oxygen atoms in total. The summed E-state index contributed by atoms with van der Waals surface area (Å²) in [4.78, 5) is 12.1. The molecule has 1 unspecified atom stereocenters. The van der Waals surface area contributed by atoms with Gasteiger partial charge in [0.1, 0.15) is 17.5 Å². The molecule has 116 valence electrons. The van der Waals surface area contributed by atoms with Crippen molar-refractivity contribution in [1.82, 2.24) is 0 Å². The number of amides is 1. The number of carbonyl (C=O) groups excluding carboxylic acids is 1. The van der Waals surface area contributed by atoms with Gasteiger partial charge < -0.3 is 5.32 Å². The Morgan fingerprint density at radius 3 is 2.50 bits per heavy atom. The summed E-state index contributed by atoms with van der Waals surface area (Å²) in [6.07, 6.45) is 0. The fraction of sp³-hybridized carbons (Fsp3) is 0.133. The molecule has 0 aliphatic heterocycles. The molecule has 0 spiro atoms. The van der Waals surface area contributed by atoms with Gasteiger partial charge in [-0.05, 0) is 37.3 Å². The second-order valence-corrected chi connectivity index (χ2v) is 6.27. The van der Waals surface area contributed by atoms with Gasteiger partial charge in [-0.3, -0.25) is 4.79 Å². The molecule has 1 amide bonds. The van der Waals surface area contributed by atoms with E-state index in [4.69, 9.17) is 11.6 Å². The lowest BCUT2D eigenvalue weighted by molar-refractivity contribution is -0.115. The summed E-state index contributed by atoms with van der Waals surface area (Å²) in [7, 11) is 0. The van der Waals surface area contributed by atoms with Gasteiger partial charge in [0, 0.05) is 16.0 Å². The van der Waals surface area contributed by atoms with Crippen molar-refractivity contribution in [2.24, 2.45) is 0 Å². The van der Waals surface area contributed by atoms with Gasteiger partial charge in [-0.15, -0.1) is 11.8 Å². The highest BCUT2D eigenvalue weighted by atomic mass is 35.5. The molecule has 0 saturated heterocycles. The van der Waals surface area contributed by atoms with Gasteiger partial charge in [-0.2, -0.15) is 0 Å². The number of thioether (sulfide) groups is 1. The first-order valence-corrected chi connectivity index (χ1v) is 7.50. The third-order valence-electron chi connectivity index (χ3n) is 2.76. The highest BCUT2D eigenvalue weighted by Gasteiger charge is 2.18. The lowest BCUT2D eigenvalue weighted by Gasteiger charge is -2.13. The van der Waals surface area contributed by atoms with Gasteiger partial charge in [-0.1, -0.05) is 11.6 Å². The van der Waals surface area contributed by atoms with E-state index in [1.54, 1.807) is 0 Å². The van der Waals surface area contributed by atoms with Crippen LogP contribution in [0, 0.1) is 17.5 Å². The monoisotopic (exact) mass is 345 g/mol. The summed E-state index contributed by atoms with van der Waals surface area (Å²) >= 11 is 6.54. The molecule has 2 aromatic carbocycles. The molecule has 0 heterocycles. The molecule has 1 N–H and O–H groups in total. The summed E-state index contributed by atoms with van der Waals surface area (Å²) in [5.74, 6) is -2.61. The standard InChI is InChI=1S/C15H11ClF3NOS/c1-8(22-14-5-3-10(17)7-12(14)19)15(21)20-13-4-2-9(16)6-11(13)18/h2-8H,1H3,(H,20,21). The molecule has 1 atom stereocenters. The van der Waals surface area contributed by atoms with Crippen LogP contribution in [0.25, 0.3) is 0 Å². The topological polar surface area (TPSA) is 29.1 Å². The van der Waals surface area contributed by atoms with Gasteiger partial charge in [-0.25, -0.2) is 13.2 Å². The molecule has 22 heavy (non-hydrogen) atoms. The Kier molecular flexibility index (Phi) is 5.37. The van der Waals surface area contributed by atoms with E-state index >= 15 is 0 Å². The van der Waals surface area contributed by atoms with Crippen LogP contribution in [0.4, 0.5) is 18.9 Å². The van der Waals surface area contributed by atoms with Crippen LogP contribution in [-0.2, 0) is 4.79 Å². The molecule has 2 rings (SSSR count). The van der Waals surface area contributed by atoms with Gasteiger partial charge in [0.2, 0.25) is 5.91 Å². The zero-order valence-corrected chi connectivity index (χ0v) is 12.9. The average molecular weight is 346 g/mol. The fourth-order valence-corrected chi connectivity index (χ4v) is 2.66. The smallest absolute Gasteiger partial charge is 0.237 e. The molecule has 0 fully saturated rings. The molecular weight excluding hydrogens is 335 g/mol. The Balaban J connectivity index is 2.05. The molecule has 0 aliphatic carbocycles. The summed E-state index contributed by atoms with van der Waals surface area (Å²) in [5.41, 5.74) is -0.0126. The molecule has 2 aromatic rings. The molecule has 0 aromatic heterocycles.